The molecule has 0 bridgehead atoms. The van der Waals surface area contributed by atoms with E-state index in [2.05, 4.69) is 6.07 Å². The van der Waals surface area contributed by atoms with Crippen molar-refractivity contribution in [2.45, 2.75) is 43.7 Å². The molecule has 110 valence electrons. The van der Waals surface area contributed by atoms with Gasteiger partial charge in [-0.3, -0.25) is 4.79 Å². The predicted molar refractivity (Wildman–Crippen MR) is 78.3 cm³/mol. The van der Waals surface area contributed by atoms with Crippen LogP contribution in [0.25, 0.3) is 0 Å². The van der Waals surface area contributed by atoms with E-state index < -0.39 is 6.04 Å². The van der Waals surface area contributed by atoms with E-state index in [0.29, 0.717) is 0 Å². The van der Waals surface area contributed by atoms with Gasteiger partial charge >= 0.3 is 0 Å². The Kier molecular flexibility index (Phi) is 3.94. The molecule has 1 N–H and O–H groups in total. The van der Waals surface area contributed by atoms with E-state index >= 15 is 0 Å². The first-order valence-electron chi connectivity index (χ1n) is 7.65. The first-order chi connectivity index (χ1) is 10.3. The third-order valence-electron chi connectivity index (χ3n) is 4.87. The first-order valence-corrected chi connectivity index (χ1v) is 7.65. The average molecular weight is 284 g/mol. The summed E-state index contributed by atoms with van der Waals surface area (Å²) in [5, 5.41) is 19.2. The lowest BCUT2D eigenvalue weighted by Gasteiger charge is -2.52. The van der Waals surface area contributed by atoms with Crippen molar-refractivity contribution in [2.75, 3.05) is 6.61 Å². The topological polar surface area (TPSA) is 64.3 Å². The molecule has 4 heteroatoms. The number of amides is 1. The van der Waals surface area contributed by atoms with E-state index in [9.17, 15) is 15.2 Å². The van der Waals surface area contributed by atoms with Gasteiger partial charge in [0.2, 0.25) is 5.91 Å². The Morgan fingerprint density at radius 2 is 1.95 bits per heavy atom. The molecule has 1 aromatic carbocycles. The van der Waals surface area contributed by atoms with Crippen molar-refractivity contribution in [3.05, 3.63) is 35.9 Å². The van der Waals surface area contributed by atoms with Gasteiger partial charge in [0.25, 0.3) is 0 Å². The average Bonchev–Trinajstić information content (AvgIpc) is 3.02. The molecule has 2 aliphatic rings. The van der Waals surface area contributed by atoms with Gasteiger partial charge in [0.15, 0.2) is 0 Å². The number of nitriles is 1. The van der Waals surface area contributed by atoms with Crippen LogP contribution in [0.3, 0.4) is 0 Å². The second-order valence-corrected chi connectivity index (χ2v) is 5.99. The number of carbonyl (C=O) groups excluding carboxylic acids is 1. The molecule has 0 unspecified atom stereocenters. The zero-order valence-corrected chi connectivity index (χ0v) is 12.0. The summed E-state index contributed by atoms with van der Waals surface area (Å²) in [6.45, 7) is -0.0871. The van der Waals surface area contributed by atoms with Gasteiger partial charge < -0.3 is 10.0 Å². The number of aliphatic hydroxyl groups is 1. The monoisotopic (exact) mass is 284 g/mol. The molecule has 3 atom stereocenters. The standard InChI is InChI=1S/C17H20N2O2/c18-10-14-16(12-6-2-1-3-7-12)15(11-20)19(14)17(21)13-8-4-5-9-13/h1-3,6-7,13-16,20H,4-5,8-9,11H2/t14-,15+,16+/m0/s1. The van der Waals surface area contributed by atoms with Crippen LogP contribution < -0.4 is 0 Å². The van der Waals surface area contributed by atoms with Crippen LogP contribution in [0.15, 0.2) is 30.3 Å². The van der Waals surface area contributed by atoms with Crippen molar-refractivity contribution in [2.24, 2.45) is 5.92 Å². The summed E-state index contributed by atoms with van der Waals surface area (Å²) in [7, 11) is 0. The van der Waals surface area contributed by atoms with E-state index in [1.807, 2.05) is 30.3 Å². The molecule has 1 aliphatic heterocycles. The number of hydrogen-bond acceptors (Lipinski definition) is 3. The maximum atomic E-state index is 12.6. The Balaban J connectivity index is 1.83. The van der Waals surface area contributed by atoms with Crippen LogP contribution in [0.4, 0.5) is 0 Å². The molecule has 2 fully saturated rings. The van der Waals surface area contributed by atoms with Gasteiger partial charge in [-0.1, -0.05) is 43.2 Å². The summed E-state index contributed by atoms with van der Waals surface area (Å²) in [5.41, 5.74) is 1.03. The van der Waals surface area contributed by atoms with Crippen molar-refractivity contribution < 1.29 is 9.90 Å². The largest absolute Gasteiger partial charge is 0.394 e. The molecule has 1 heterocycles. The molecule has 1 saturated carbocycles. The maximum absolute atomic E-state index is 12.6. The minimum atomic E-state index is -0.447. The molecule has 1 aliphatic carbocycles. The van der Waals surface area contributed by atoms with Gasteiger partial charge in [-0.2, -0.15) is 5.26 Å². The lowest BCUT2D eigenvalue weighted by molar-refractivity contribution is -0.151. The van der Waals surface area contributed by atoms with Crippen LogP contribution in [0.1, 0.15) is 37.2 Å². The molecule has 4 nitrogen and oxygen atoms in total. The molecule has 3 rings (SSSR count). The molecule has 21 heavy (non-hydrogen) atoms. The van der Waals surface area contributed by atoms with Gasteiger partial charge in [0.1, 0.15) is 6.04 Å². The molecule has 1 aromatic rings. The summed E-state index contributed by atoms with van der Waals surface area (Å²) in [5.74, 6) is 0.0310. The van der Waals surface area contributed by atoms with Gasteiger partial charge in [-0.05, 0) is 18.4 Å². The minimum Gasteiger partial charge on any atom is -0.394 e. The van der Waals surface area contributed by atoms with Gasteiger partial charge in [-0.15, -0.1) is 0 Å². The third-order valence-corrected chi connectivity index (χ3v) is 4.87. The van der Waals surface area contributed by atoms with E-state index in [1.54, 1.807) is 4.90 Å². The Morgan fingerprint density at radius 3 is 2.52 bits per heavy atom. The van der Waals surface area contributed by atoms with Crippen molar-refractivity contribution in [3.63, 3.8) is 0 Å². The number of nitrogens with zero attached hydrogens (tertiary/aromatic N) is 2. The molecule has 1 amide bonds. The molecular weight excluding hydrogens is 264 g/mol. The van der Waals surface area contributed by atoms with Crippen LogP contribution in [-0.2, 0) is 4.79 Å². The Morgan fingerprint density at radius 1 is 1.29 bits per heavy atom. The quantitative estimate of drug-likeness (QED) is 0.924. The van der Waals surface area contributed by atoms with Gasteiger partial charge in [0.05, 0.1) is 18.7 Å². The Bertz CT molecular complexity index is 546. The van der Waals surface area contributed by atoms with Crippen LogP contribution in [0.5, 0.6) is 0 Å². The van der Waals surface area contributed by atoms with Crippen molar-refractivity contribution in [3.8, 4) is 6.07 Å². The zero-order chi connectivity index (χ0) is 14.8. The number of carbonyl (C=O) groups is 1. The number of rotatable bonds is 3. The van der Waals surface area contributed by atoms with Crippen LogP contribution >= 0.6 is 0 Å². The highest BCUT2D eigenvalue weighted by atomic mass is 16.3. The highest BCUT2D eigenvalue weighted by Gasteiger charge is 2.52. The normalized spacial score (nSPS) is 29.0. The summed E-state index contributed by atoms with van der Waals surface area (Å²) < 4.78 is 0. The highest BCUT2D eigenvalue weighted by Crippen LogP contribution is 2.42. The third kappa shape index (κ3) is 2.32. The van der Waals surface area contributed by atoms with Crippen LogP contribution in [-0.4, -0.2) is 34.6 Å². The summed E-state index contributed by atoms with van der Waals surface area (Å²) in [4.78, 5) is 14.2. The number of benzene rings is 1. The van der Waals surface area contributed by atoms with Gasteiger partial charge in [-0.25, -0.2) is 0 Å². The number of likely N-dealkylation sites (tertiary alicyclic amines) is 1. The summed E-state index contributed by atoms with van der Waals surface area (Å²) in [6.07, 6.45) is 4.02. The van der Waals surface area contributed by atoms with Crippen molar-refractivity contribution in [1.82, 2.24) is 4.90 Å². The van der Waals surface area contributed by atoms with Crippen LogP contribution in [0.2, 0.25) is 0 Å². The minimum absolute atomic E-state index is 0.0478. The van der Waals surface area contributed by atoms with Gasteiger partial charge in [0, 0.05) is 11.8 Å². The second kappa shape index (κ2) is 5.87. The van der Waals surface area contributed by atoms with E-state index in [4.69, 9.17) is 0 Å². The number of aliphatic hydroxyl groups excluding tert-OH is 1. The first kappa shape index (κ1) is 14.1. The van der Waals surface area contributed by atoms with Crippen LogP contribution in [0, 0.1) is 17.2 Å². The smallest absolute Gasteiger partial charge is 0.227 e. The highest BCUT2D eigenvalue weighted by molar-refractivity contribution is 5.81. The van der Waals surface area contributed by atoms with Crippen molar-refractivity contribution in [1.29, 1.82) is 5.26 Å². The number of hydrogen-bond donors (Lipinski definition) is 1. The molecule has 0 aromatic heterocycles. The van der Waals surface area contributed by atoms with E-state index in [-0.39, 0.29) is 30.4 Å². The van der Waals surface area contributed by atoms with Crippen molar-refractivity contribution >= 4 is 5.91 Å². The Labute approximate surface area is 125 Å². The fourth-order valence-corrected chi connectivity index (χ4v) is 3.77. The summed E-state index contributed by atoms with van der Waals surface area (Å²) >= 11 is 0. The second-order valence-electron chi connectivity index (χ2n) is 5.99. The lowest BCUT2D eigenvalue weighted by Crippen LogP contribution is -2.66. The Hall–Kier alpha value is -1.86. The zero-order valence-electron chi connectivity index (χ0n) is 12.0. The molecule has 0 spiro atoms. The fourth-order valence-electron chi connectivity index (χ4n) is 3.77. The SMILES string of the molecule is N#C[C@H]1[C@@H](c2ccccc2)[C@@H](CO)N1C(=O)C1CCCC1. The predicted octanol–water partition coefficient (Wildman–Crippen LogP) is 2.06. The van der Waals surface area contributed by atoms with E-state index in [0.717, 1.165) is 31.2 Å². The maximum Gasteiger partial charge on any atom is 0.227 e. The fraction of sp³-hybridized carbons (Fsp3) is 0.529. The molecular formula is C17H20N2O2. The summed E-state index contributed by atoms with van der Waals surface area (Å²) in [6, 6.07) is 11.3. The molecule has 0 radical (unpaired) electrons. The molecule has 1 saturated heterocycles. The lowest BCUT2D eigenvalue weighted by atomic mass is 9.75. The van der Waals surface area contributed by atoms with E-state index in [1.165, 1.54) is 0 Å².